The van der Waals surface area contributed by atoms with Gasteiger partial charge < -0.3 is 57.3 Å². The molecule has 0 spiro atoms. The summed E-state index contributed by atoms with van der Waals surface area (Å²) in [6, 6.07) is 11.2. The van der Waals surface area contributed by atoms with Crippen LogP contribution in [0.4, 0.5) is 5.82 Å². The Morgan fingerprint density at radius 1 is 0.930 bits per heavy atom. The van der Waals surface area contributed by atoms with Crippen molar-refractivity contribution in [3.8, 4) is 39.8 Å². The zero-order chi connectivity index (χ0) is 52.7. The fourth-order valence-corrected chi connectivity index (χ4v) is 8.36. The van der Waals surface area contributed by atoms with Crippen molar-refractivity contribution >= 4 is 45.4 Å². The molecule has 0 radical (unpaired) electrons. The van der Waals surface area contributed by atoms with Crippen molar-refractivity contribution in [3.05, 3.63) is 82.5 Å². The number of aromatic hydroxyl groups is 1. The molecule has 2 amide bonds. The lowest BCUT2D eigenvalue weighted by Crippen LogP contribution is -2.46. The molecule has 6 atom stereocenters. The molecule has 5 rings (SSSR count). The number of aliphatic hydroxyl groups excluding tert-OH is 2. The van der Waals surface area contributed by atoms with Crippen LogP contribution in [0.2, 0.25) is 0 Å². The minimum atomic E-state index is -4.49. The molecule has 4 aromatic rings. The third-order valence-electron chi connectivity index (χ3n) is 11.9. The highest BCUT2D eigenvalue weighted by Gasteiger charge is 2.38. The van der Waals surface area contributed by atoms with Crippen LogP contribution in [-0.2, 0) is 41.2 Å². The number of nitrogens with two attached hydrogens (primary N) is 4. The Balaban J connectivity index is 1.67. The Labute approximate surface area is 411 Å². The number of aliphatic carboxylic acids is 1. The highest BCUT2D eigenvalue weighted by Crippen LogP contribution is 2.45. The number of nitrogens with one attached hydrogen (secondary N) is 2. The molecule has 0 unspecified atom stereocenters. The first-order valence-corrected chi connectivity index (χ1v) is 24.2. The van der Waals surface area contributed by atoms with E-state index in [9.17, 15) is 52.8 Å². The third-order valence-corrected chi connectivity index (χ3v) is 12.5. The van der Waals surface area contributed by atoms with Gasteiger partial charge in [-0.15, -0.1) is 0 Å². The summed E-state index contributed by atoms with van der Waals surface area (Å²) in [5.74, 6) is -8.42. The number of aromatic nitrogens is 2. The maximum absolute atomic E-state index is 15.0. The summed E-state index contributed by atoms with van der Waals surface area (Å²) in [4.78, 5) is 80.0. The van der Waals surface area contributed by atoms with Crippen LogP contribution in [0.3, 0.4) is 0 Å². The van der Waals surface area contributed by atoms with Crippen molar-refractivity contribution in [3.63, 3.8) is 0 Å². The van der Waals surface area contributed by atoms with Gasteiger partial charge in [-0.25, -0.2) is 24.6 Å². The molecular formula is C48H63N9O13S. The van der Waals surface area contributed by atoms with Gasteiger partial charge in [-0.05, 0) is 53.3 Å². The summed E-state index contributed by atoms with van der Waals surface area (Å²) < 4.78 is 38.5. The van der Waals surface area contributed by atoms with Crippen LogP contribution in [0.5, 0.6) is 17.2 Å². The topological polar surface area (TPSA) is 376 Å². The molecule has 0 saturated heterocycles. The number of carbonyl (C=O) groups excluding carboxylic acids is 4. The standard InChI is InChI=1S/C48H63N9O13S/c1-24-13-37(61)41(57(6)46(64)29(21-53-71(52,67)68)17-36(60)40-25(2)54-44(56-43(40)51)27-8-10-30(11-9-27)48(3,4)5)28-16-34(42(62)39(18-28)70-23-32(59)20-50)33-14-26(15-35(47(65)66)55-45(24)63)7-12-38(33)69-22-31(58)19-49/h7-12,14,16,18,24,29,31-32,35,41,53,58-59,62H,13,15,17,19-23,49-50H2,1-6H3,(H,55,63)(H,65,66)(H2,51,54,56)(H2,52,67,68)/t24-,29+,31-,32-,35+,41+/m1/s1. The van der Waals surface area contributed by atoms with E-state index in [4.69, 9.17) is 31.8 Å². The van der Waals surface area contributed by atoms with Gasteiger partial charge in [0, 0.05) is 68.6 Å². The van der Waals surface area contributed by atoms with Gasteiger partial charge >= 0.3 is 5.97 Å². The van der Waals surface area contributed by atoms with Crippen molar-refractivity contribution in [1.82, 2.24) is 24.9 Å². The average molecular weight is 1010 g/mol. The first-order valence-electron chi connectivity index (χ1n) is 22.6. The van der Waals surface area contributed by atoms with Gasteiger partial charge in [0.25, 0.3) is 10.2 Å². The number of anilines is 1. The number of aliphatic hydroxyl groups is 2. The number of fused-ring (bicyclic) bond motifs is 5. The van der Waals surface area contributed by atoms with Crippen LogP contribution in [0.1, 0.15) is 79.3 Å². The van der Waals surface area contributed by atoms with E-state index in [2.05, 4.69) is 40.8 Å². The summed E-state index contributed by atoms with van der Waals surface area (Å²) in [6.45, 7) is 7.10. The number of ketones is 2. The van der Waals surface area contributed by atoms with Crippen LogP contribution < -0.4 is 41.9 Å². The summed E-state index contributed by atoms with van der Waals surface area (Å²) in [7, 11) is -3.29. The summed E-state index contributed by atoms with van der Waals surface area (Å²) in [5.41, 5.74) is 19.5. The Kier molecular flexibility index (Phi) is 18.0. The number of phenolic OH excluding ortho intramolecular Hbond substituents is 1. The molecule has 4 bridgehead atoms. The van der Waals surface area contributed by atoms with Gasteiger partial charge in [0.05, 0.1) is 17.2 Å². The number of Topliss-reactive ketones (excluding diaryl/α,β-unsaturated/α-hetero) is 2. The Hall–Kier alpha value is -6.60. The van der Waals surface area contributed by atoms with E-state index in [-0.39, 0.29) is 82.6 Å². The predicted molar refractivity (Wildman–Crippen MR) is 261 cm³/mol. The van der Waals surface area contributed by atoms with Crippen molar-refractivity contribution in [1.29, 1.82) is 0 Å². The Morgan fingerprint density at radius 3 is 2.11 bits per heavy atom. The zero-order valence-corrected chi connectivity index (χ0v) is 41.2. The van der Waals surface area contributed by atoms with E-state index in [0.29, 0.717) is 11.1 Å². The highest BCUT2D eigenvalue weighted by atomic mass is 32.2. The summed E-state index contributed by atoms with van der Waals surface area (Å²) >= 11 is 0. The second-order valence-electron chi connectivity index (χ2n) is 18.6. The molecule has 1 aliphatic heterocycles. The summed E-state index contributed by atoms with van der Waals surface area (Å²) in [5, 5.41) is 50.6. The molecule has 14 N–H and O–H groups in total. The van der Waals surface area contributed by atoms with Crippen LogP contribution in [0.25, 0.3) is 22.5 Å². The molecule has 71 heavy (non-hydrogen) atoms. The van der Waals surface area contributed by atoms with E-state index < -0.39 is 107 Å². The average Bonchev–Trinajstić information content (AvgIpc) is 3.30. The molecular weight excluding hydrogens is 943 g/mol. The van der Waals surface area contributed by atoms with E-state index in [1.54, 1.807) is 0 Å². The number of rotatable bonds is 18. The number of hydrogen-bond acceptors (Lipinski definition) is 17. The Bertz CT molecular complexity index is 2730. The van der Waals surface area contributed by atoms with Crippen LogP contribution >= 0.6 is 0 Å². The van der Waals surface area contributed by atoms with E-state index in [1.807, 2.05) is 24.3 Å². The first-order chi connectivity index (χ1) is 33.2. The first kappa shape index (κ1) is 55.3. The number of likely N-dealkylation sites (N-methyl/N-ethyl adjacent to an activating group) is 1. The second kappa shape index (κ2) is 23.1. The SMILES string of the molecule is Cc1nc(-c2ccc(C(C)(C)C)cc2)nc(N)c1C(=O)C[C@@H](CNS(N)(=O)=O)C(=O)N(C)[C@@H]1C(=O)C[C@@H](C)C(=O)N[C@H](C(=O)O)Cc2ccc(OC[C@H](O)CN)c(c2)-c2cc1cc(OC[C@H](O)CN)c2O. The van der Waals surface area contributed by atoms with Crippen molar-refractivity contribution in [2.45, 2.75) is 83.6 Å². The fourth-order valence-electron chi connectivity index (χ4n) is 7.92. The molecule has 0 fully saturated rings. The summed E-state index contributed by atoms with van der Waals surface area (Å²) in [6.07, 6.45) is -3.97. The monoisotopic (exact) mass is 1010 g/mol. The molecule has 384 valence electrons. The predicted octanol–water partition coefficient (Wildman–Crippen LogP) is 1.00. The number of carboxylic acids is 1. The van der Waals surface area contributed by atoms with Crippen LogP contribution in [0.15, 0.2) is 54.6 Å². The van der Waals surface area contributed by atoms with Gasteiger partial charge in [0.15, 0.2) is 28.9 Å². The number of amides is 2. The van der Waals surface area contributed by atoms with Gasteiger partial charge in [-0.2, -0.15) is 8.42 Å². The van der Waals surface area contributed by atoms with Crippen molar-refractivity contribution in [2.24, 2.45) is 28.4 Å². The number of nitrogens with zero attached hydrogens (tertiary/aromatic N) is 3. The van der Waals surface area contributed by atoms with Crippen molar-refractivity contribution < 1.29 is 62.3 Å². The maximum atomic E-state index is 15.0. The fraction of sp³-hybridized carbons (Fsp3) is 0.438. The van der Waals surface area contributed by atoms with Crippen LogP contribution in [-0.4, -0.2) is 131 Å². The zero-order valence-electron chi connectivity index (χ0n) is 40.3. The third kappa shape index (κ3) is 14.1. The normalized spacial score (nSPS) is 17.8. The van der Waals surface area contributed by atoms with Gasteiger partial charge in [0.1, 0.15) is 49.1 Å². The maximum Gasteiger partial charge on any atom is 0.326 e. The number of phenols is 1. The lowest BCUT2D eigenvalue weighted by Gasteiger charge is -2.32. The number of hydrogen-bond donors (Lipinski definition) is 10. The van der Waals surface area contributed by atoms with Crippen LogP contribution in [0, 0.1) is 18.8 Å². The number of aryl methyl sites for hydroxylation is 1. The minimum absolute atomic E-state index is 0.0308. The molecule has 22 nitrogen and oxygen atoms in total. The molecule has 0 saturated carbocycles. The number of ether oxygens (including phenoxy) is 2. The molecule has 3 aromatic carbocycles. The van der Waals surface area contributed by atoms with Gasteiger partial charge in [-0.1, -0.05) is 58.0 Å². The quantitative estimate of drug-likeness (QED) is 0.0622. The number of carboxylic acid groups (broad SMARTS) is 1. The molecule has 2 heterocycles. The lowest BCUT2D eigenvalue weighted by molar-refractivity contribution is -0.143. The lowest BCUT2D eigenvalue weighted by atomic mass is 9.86. The number of carbonyl (C=O) groups is 5. The molecule has 0 aliphatic carbocycles. The largest absolute Gasteiger partial charge is 0.504 e. The second-order valence-corrected chi connectivity index (χ2v) is 20.0. The highest BCUT2D eigenvalue weighted by molar-refractivity contribution is 7.87. The smallest absolute Gasteiger partial charge is 0.326 e. The minimum Gasteiger partial charge on any atom is -0.504 e. The van der Waals surface area contributed by atoms with Gasteiger partial charge in [0.2, 0.25) is 11.8 Å². The number of nitrogen functional groups attached to an aromatic ring is 1. The molecule has 23 heteroatoms. The molecule has 1 aromatic heterocycles. The van der Waals surface area contributed by atoms with Gasteiger partial charge in [-0.3, -0.25) is 19.2 Å². The van der Waals surface area contributed by atoms with E-state index >= 15 is 0 Å². The number of benzene rings is 3. The Morgan fingerprint density at radius 2 is 1.55 bits per heavy atom. The molecule has 1 aliphatic rings. The van der Waals surface area contributed by atoms with E-state index in [0.717, 1.165) is 10.5 Å². The van der Waals surface area contributed by atoms with Crippen molar-refractivity contribution in [2.75, 3.05) is 45.6 Å². The van der Waals surface area contributed by atoms with E-state index in [1.165, 1.54) is 51.2 Å².